The average molecular weight is 333 g/mol. The fraction of sp³-hybridized carbons (Fsp3) is 0.400. The number of carbonyl (C=O) groups excluding carboxylic acids is 1. The van der Waals surface area contributed by atoms with E-state index in [1.165, 1.54) is 0 Å². The van der Waals surface area contributed by atoms with Gasteiger partial charge in [0.2, 0.25) is 12.2 Å². The van der Waals surface area contributed by atoms with Gasteiger partial charge in [0.1, 0.15) is 12.3 Å². The van der Waals surface area contributed by atoms with Crippen LogP contribution < -0.4 is 10.1 Å². The zero-order valence-corrected chi connectivity index (χ0v) is 13.5. The van der Waals surface area contributed by atoms with Crippen LogP contribution in [0.2, 0.25) is 0 Å². The highest BCUT2D eigenvalue weighted by molar-refractivity contribution is 5.75. The summed E-state index contributed by atoms with van der Waals surface area (Å²) in [5, 5.41) is 16.8. The maximum absolute atomic E-state index is 11.9. The summed E-state index contributed by atoms with van der Waals surface area (Å²) in [6.07, 6.45) is 1.15. The molecular weight excluding hydrogens is 314 g/mol. The van der Waals surface area contributed by atoms with Crippen LogP contribution in [-0.2, 0) is 17.9 Å². The quantitative estimate of drug-likeness (QED) is 0.579. The number of nitrogens with one attached hydrogen (secondary N) is 1. The van der Waals surface area contributed by atoms with Gasteiger partial charge in [-0.1, -0.05) is 37.0 Å². The maximum atomic E-state index is 11.9. The second-order valence-corrected chi connectivity index (χ2v) is 5.59. The second-order valence-electron chi connectivity index (χ2n) is 5.59. The van der Waals surface area contributed by atoms with Crippen molar-refractivity contribution in [3.05, 3.63) is 46.3 Å². The first-order valence-corrected chi connectivity index (χ1v) is 7.47. The highest BCUT2D eigenvalue weighted by Gasteiger charge is 2.15. The average Bonchev–Trinajstić information content (AvgIpc) is 3.00. The lowest BCUT2D eigenvalue weighted by Crippen LogP contribution is -2.27. The Labute approximate surface area is 138 Å². The third kappa shape index (κ3) is 5.04. The predicted molar refractivity (Wildman–Crippen MR) is 85.3 cm³/mol. The summed E-state index contributed by atoms with van der Waals surface area (Å²) in [6.45, 7) is 4.86. The number of nitrogens with zero attached hydrogens (tertiary/aromatic N) is 4. The largest absolute Gasteiger partial charge is 0.493 e. The van der Waals surface area contributed by atoms with E-state index in [2.05, 4.69) is 29.2 Å². The van der Waals surface area contributed by atoms with Crippen LogP contribution in [0.4, 0.5) is 5.95 Å². The zero-order valence-electron chi connectivity index (χ0n) is 13.5. The molecule has 0 atom stereocenters. The van der Waals surface area contributed by atoms with Crippen molar-refractivity contribution < 1.29 is 14.5 Å². The van der Waals surface area contributed by atoms with Crippen molar-refractivity contribution in [2.75, 3.05) is 6.61 Å². The summed E-state index contributed by atoms with van der Waals surface area (Å²) in [7, 11) is 0. The minimum Gasteiger partial charge on any atom is -0.493 e. The molecule has 1 heterocycles. The molecule has 128 valence electrons. The van der Waals surface area contributed by atoms with E-state index in [1.807, 2.05) is 24.3 Å². The van der Waals surface area contributed by atoms with Crippen molar-refractivity contribution in [2.45, 2.75) is 26.9 Å². The van der Waals surface area contributed by atoms with E-state index in [9.17, 15) is 14.9 Å². The minimum absolute atomic E-state index is 0.143. The third-order valence-corrected chi connectivity index (χ3v) is 3.01. The summed E-state index contributed by atoms with van der Waals surface area (Å²) >= 11 is 0. The number of rotatable bonds is 8. The molecule has 0 saturated heterocycles. The number of hydrogen-bond donors (Lipinski definition) is 1. The Bertz CT molecular complexity index is 713. The van der Waals surface area contributed by atoms with E-state index < -0.39 is 10.9 Å². The number of ether oxygens (including phenoxy) is 1. The van der Waals surface area contributed by atoms with Crippen molar-refractivity contribution in [3.63, 3.8) is 0 Å². The van der Waals surface area contributed by atoms with E-state index in [1.54, 1.807) is 0 Å². The number of nitro groups is 1. The van der Waals surface area contributed by atoms with Crippen LogP contribution in [0.25, 0.3) is 0 Å². The number of aromatic nitrogens is 3. The van der Waals surface area contributed by atoms with Crippen LogP contribution in [0.3, 0.4) is 0 Å². The van der Waals surface area contributed by atoms with E-state index in [4.69, 9.17) is 4.74 Å². The molecule has 0 aliphatic heterocycles. The first kappa shape index (κ1) is 17.4. The molecule has 2 rings (SSSR count). The smallest absolute Gasteiger partial charge is 0.490 e. The highest BCUT2D eigenvalue weighted by atomic mass is 16.6. The van der Waals surface area contributed by atoms with Crippen molar-refractivity contribution in [3.8, 4) is 5.75 Å². The van der Waals surface area contributed by atoms with Gasteiger partial charge in [-0.3, -0.25) is 4.79 Å². The lowest BCUT2D eigenvalue weighted by molar-refractivity contribution is -0.394. The minimum atomic E-state index is -0.712. The van der Waals surface area contributed by atoms with Crippen LogP contribution in [0.5, 0.6) is 5.75 Å². The number of hydrogen-bond acceptors (Lipinski definition) is 6. The SMILES string of the molecule is CC(C)COc1ccccc1CNC(=O)Cn1cnc([N+](=O)[O-])n1. The fourth-order valence-corrected chi connectivity index (χ4v) is 1.89. The lowest BCUT2D eigenvalue weighted by Gasteiger charge is -2.13. The van der Waals surface area contributed by atoms with Gasteiger partial charge in [-0.05, 0) is 16.9 Å². The molecule has 1 N–H and O–H groups in total. The summed E-state index contributed by atoms with van der Waals surface area (Å²) < 4.78 is 6.84. The van der Waals surface area contributed by atoms with Crippen LogP contribution in [0.1, 0.15) is 19.4 Å². The molecule has 0 radical (unpaired) electrons. The van der Waals surface area contributed by atoms with Crippen LogP contribution in [-0.4, -0.2) is 32.2 Å². The second kappa shape index (κ2) is 8.04. The lowest BCUT2D eigenvalue weighted by atomic mass is 10.2. The standard InChI is InChI=1S/C15H19N5O4/c1-11(2)9-24-13-6-4-3-5-12(13)7-16-14(21)8-19-10-17-15(18-19)20(22)23/h3-6,10-11H,7-9H2,1-2H3,(H,16,21). The highest BCUT2D eigenvalue weighted by Crippen LogP contribution is 2.18. The molecule has 0 bridgehead atoms. The molecule has 1 aromatic heterocycles. The zero-order chi connectivity index (χ0) is 17.5. The Morgan fingerprint density at radius 1 is 1.42 bits per heavy atom. The summed E-state index contributed by atoms with van der Waals surface area (Å²) in [6, 6.07) is 7.46. The molecule has 24 heavy (non-hydrogen) atoms. The van der Waals surface area contributed by atoms with Crippen molar-refractivity contribution in [2.24, 2.45) is 5.92 Å². The molecule has 0 fully saturated rings. The van der Waals surface area contributed by atoms with Gasteiger partial charge in [-0.15, -0.1) is 0 Å². The van der Waals surface area contributed by atoms with E-state index in [0.717, 1.165) is 22.3 Å². The number of para-hydroxylation sites is 1. The Balaban J connectivity index is 1.90. The Hall–Kier alpha value is -2.97. The number of benzene rings is 1. The van der Waals surface area contributed by atoms with Crippen molar-refractivity contribution in [1.82, 2.24) is 20.1 Å². The molecule has 2 aromatic rings. The van der Waals surface area contributed by atoms with Gasteiger partial charge < -0.3 is 20.2 Å². The Kier molecular flexibility index (Phi) is 5.83. The summed E-state index contributed by atoms with van der Waals surface area (Å²) in [4.78, 5) is 25.2. The first-order chi connectivity index (χ1) is 11.5. The molecular formula is C15H19N5O4. The van der Waals surface area contributed by atoms with E-state index in [0.29, 0.717) is 19.1 Å². The van der Waals surface area contributed by atoms with Gasteiger partial charge in [0, 0.05) is 17.2 Å². The van der Waals surface area contributed by atoms with Crippen LogP contribution in [0, 0.1) is 16.0 Å². The van der Waals surface area contributed by atoms with Gasteiger partial charge in [0.05, 0.1) is 6.61 Å². The van der Waals surface area contributed by atoms with Crippen molar-refractivity contribution in [1.29, 1.82) is 0 Å². The number of carbonyl (C=O) groups is 1. The van der Waals surface area contributed by atoms with Gasteiger partial charge in [0.25, 0.3) is 0 Å². The van der Waals surface area contributed by atoms with Crippen LogP contribution in [0.15, 0.2) is 30.6 Å². The predicted octanol–water partition coefficient (Wildman–Crippen LogP) is 1.54. The normalized spacial score (nSPS) is 10.6. The molecule has 0 spiro atoms. The topological polar surface area (TPSA) is 112 Å². The fourth-order valence-electron chi connectivity index (χ4n) is 1.89. The molecule has 0 aliphatic carbocycles. The van der Waals surface area contributed by atoms with E-state index in [-0.39, 0.29) is 12.5 Å². The molecule has 9 nitrogen and oxygen atoms in total. The third-order valence-electron chi connectivity index (χ3n) is 3.01. The van der Waals surface area contributed by atoms with Gasteiger partial charge in [0.15, 0.2) is 0 Å². The van der Waals surface area contributed by atoms with Crippen LogP contribution >= 0.6 is 0 Å². The molecule has 0 aliphatic rings. The van der Waals surface area contributed by atoms with Crippen molar-refractivity contribution >= 4 is 11.9 Å². The van der Waals surface area contributed by atoms with E-state index >= 15 is 0 Å². The molecule has 9 heteroatoms. The summed E-state index contributed by atoms with van der Waals surface area (Å²) in [5.74, 6) is 0.266. The molecule has 1 aromatic carbocycles. The Morgan fingerprint density at radius 2 is 2.17 bits per heavy atom. The number of amides is 1. The van der Waals surface area contributed by atoms with Gasteiger partial charge in [-0.2, -0.15) is 4.68 Å². The first-order valence-electron chi connectivity index (χ1n) is 7.47. The monoisotopic (exact) mass is 333 g/mol. The Morgan fingerprint density at radius 3 is 2.83 bits per heavy atom. The van der Waals surface area contributed by atoms with Gasteiger partial charge in [-0.25, -0.2) is 0 Å². The molecule has 1 amide bonds. The maximum Gasteiger partial charge on any atom is 0.490 e. The summed E-state index contributed by atoms with van der Waals surface area (Å²) in [5.41, 5.74) is 0.857. The van der Waals surface area contributed by atoms with Gasteiger partial charge >= 0.3 is 5.95 Å². The molecule has 0 unspecified atom stereocenters. The molecule has 0 saturated carbocycles.